The van der Waals surface area contributed by atoms with E-state index >= 15 is 0 Å². The third-order valence-electron chi connectivity index (χ3n) is 3.77. The van der Waals surface area contributed by atoms with Crippen LogP contribution < -0.4 is 5.32 Å². The number of hydrogen-bond acceptors (Lipinski definition) is 2. The molecule has 0 spiro atoms. The summed E-state index contributed by atoms with van der Waals surface area (Å²) in [5.41, 5.74) is 2.78. The van der Waals surface area contributed by atoms with Gasteiger partial charge in [0.2, 0.25) is 0 Å². The minimum absolute atomic E-state index is 0.570. The highest BCUT2D eigenvalue weighted by atomic mass is 16.5. The van der Waals surface area contributed by atoms with Crippen molar-refractivity contribution >= 4 is 0 Å². The maximum absolute atomic E-state index is 5.35. The summed E-state index contributed by atoms with van der Waals surface area (Å²) in [6.07, 6.45) is 1.12. The van der Waals surface area contributed by atoms with Crippen molar-refractivity contribution in [1.29, 1.82) is 0 Å². The Kier molecular flexibility index (Phi) is 7.86. The van der Waals surface area contributed by atoms with Crippen LogP contribution in [0.15, 0.2) is 24.3 Å². The molecule has 0 saturated heterocycles. The molecule has 2 nitrogen and oxygen atoms in total. The van der Waals surface area contributed by atoms with Gasteiger partial charge in [-0.15, -0.1) is 0 Å². The van der Waals surface area contributed by atoms with E-state index in [1.807, 2.05) is 0 Å². The van der Waals surface area contributed by atoms with Crippen LogP contribution in [0.25, 0.3) is 0 Å². The smallest absolute Gasteiger partial charge is 0.0491 e. The standard InChI is InChI=1S/C18H31NO/c1-14(2)11-19-12-18(16(4)13-20-5)10-17-8-6-7-15(3)9-17/h6-9,14,16,18-19H,10-13H2,1-5H3. The van der Waals surface area contributed by atoms with Crippen molar-refractivity contribution in [3.63, 3.8) is 0 Å². The number of nitrogens with one attached hydrogen (secondary N) is 1. The topological polar surface area (TPSA) is 21.3 Å². The zero-order chi connectivity index (χ0) is 15.0. The van der Waals surface area contributed by atoms with Crippen LogP contribution >= 0.6 is 0 Å². The predicted molar refractivity (Wildman–Crippen MR) is 87.1 cm³/mol. The average molecular weight is 277 g/mol. The second-order valence-electron chi connectivity index (χ2n) is 6.44. The third-order valence-corrected chi connectivity index (χ3v) is 3.77. The van der Waals surface area contributed by atoms with Crippen molar-refractivity contribution in [2.75, 3.05) is 26.8 Å². The molecular formula is C18H31NO. The molecule has 2 heteroatoms. The number of ether oxygens (including phenoxy) is 1. The third kappa shape index (κ3) is 6.53. The lowest BCUT2D eigenvalue weighted by Gasteiger charge is -2.25. The Balaban J connectivity index is 2.61. The molecule has 2 unspecified atom stereocenters. The molecule has 1 aromatic carbocycles. The molecule has 1 aromatic rings. The summed E-state index contributed by atoms with van der Waals surface area (Å²) in [6, 6.07) is 8.86. The summed E-state index contributed by atoms with van der Waals surface area (Å²) in [4.78, 5) is 0. The number of methoxy groups -OCH3 is 1. The van der Waals surface area contributed by atoms with Crippen molar-refractivity contribution in [3.8, 4) is 0 Å². The molecule has 0 aliphatic heterocycles. The fraction of sp³-hybridized carbons (Fsp3) is 0.667. The second kappa shape index (κ2) is 9.15. The predicted octanol–water partition coefficient (Wildman–Crippen LogP) is 3.68. The molecule has 2 atom stereocenters. The van der Waals surface area contributed by atoms with Gasteiger partial charge in [-0.25, -0.2) is 0 Å². The van der Waals surface area contributed by atoms with E-state index in [4.69, 9.17) is 4.74 Å². The summed E-state index contributed by atoms with van der Waals surface area (Å²) in [7, 11) is 1.79. The van der Waals surface area contributed by atoms with E-state index in [2.05, 4.69) is 57.3 Å². The molecule has 0 amide bonds. The maximum atomic E-state index is 5.35. The molecule has 0 saturated carbocycles. The highest BCUT2D eigenvalue weighted by Crippen LogP contribution is 2.18. The van der Waals surface area contributed by atoms with Gasteiger partial charge in [0, 0.05) is 13.7 Å². The highest BCUT2D eigenvalue weighted by molar-refractivity contribution is 5.22. The van der Waals surface area contributed by atoms with E-state index in [9.17, 15) is 0 Å². The largest absolute Gasteiger partial charge is 0.384 e. The lowest BCUT2D eigenvalue weighted by atomic mass is 9.88. The minimum atomic E-state index is 0.570. The molecule has 0 fully saturated rings. The summed E-state index contributed by atoms with van der Waals surface area (Å²) in [6.45, 7) is 11.9. The Morgan fingerprint density at radius 3 is 2.50 bits per heavy atom. The molecule has 0 bridgehead atoms. The molecule has 114 valence electrons. The quantitative estimate of drug-likeness (QED) is 0.743. The number of aryl methyl sites for hydroxylation is 1. The van der Waals surface area contributed by atoms with E-state index in [0.29, 0.717) is 17.8 Å². The Morgan fingerprint density at radius 2 is 1.90 bits per heavy atom. The van der Waals surface area contributed by atoms with Crippen molar-refractivity contribution in [2.24, 2.45) is 17.8 Å². The highest BCUT2D eigenvalue weighted by Gasteiger charge is 2.17. The summed E-state index contributed by atoms with van der Waals surface area (Å²) in [5, 5.41) is 3.60. The van der Waals surface area contributed by atoms with Gasteiger partial charge in [0.1, 0.15) is 0 Å². The normalized spacial score (nSPS) is 14.5. The molecule has 1 rings (SSSR count). The van der Waals surface area contributed by atoms with Gasteiger partial charge in [-0.3, -0.25) is 0 Å². The zero-order valence-electron chi connectivity index (χ0n) is 13.8. The lowest BCUT2D eigenvalue weighted by molar-refractivity contribution is 0.128. The Labute approximate surface area is 124 Å². The Bertz CT molecular complexity index is 375. The van der Waals surface area contributed by atoms with Crippen LogP contribution in [0.3, 0.4) is 0 Å². The van der Waals surface area contributed by atoms with Crippen LogP contribution in [0, 0.1) is 24.7 Å². The fourth-order valence-corrected chi connectivity index (χ4v) is 2.57. The summed E-state index contributed by atoms with van der Waals surface area (Å²) < 4.78 is 5.35. The van der Waals surface area contributed by atoms with Crippen molar-refractivity contribution in [2.45, 2.75) is 34.1 Å². The average Bonchev–Trinajstić information content (AvgIpc) is 2.37. The van der Waals surface area contributed by atoms with Gasteiger partial charge in [-0.05, 0) is 49.8 Å². The van der Waals surface area contributed by atoms with Gasteiger partial charge in [0.05, 0.1) is 0 Å². The molecular weight excluding hydrogens is 246 g/mol. The van der Waals surface area contributed by atoms with Gasteiger partial charge < -0.3 is 10.1 Å². The molecule has 0 aliphatic carbocycles. The second-order valence-corrected chi connectivity index (χ2v) is 6.44. The van der Waals surface area contributed by atoms with Gasteiger partial charge >= 0.3 is 0 Å². The molecule has 0 aliphatic rings. The van der Waals surface area contributed by atoms with Crippen LogP contribution in [0.5, 0.6) is 0 Å². The van der Waals surface area contributed by atoms with E-state index in [0.717, 1.165) is 26.1 Å². The van der Waals surface area contributed by atoms with Crippen LogP contribution in [0.1, 0.15) is 31.9 Å². The van der Waals surface area contributed by atoms with Crippen molar-refractivity contribution in [3.05, 3.63) is 35.4 Å². The van der Waals surface area contributed by atoms with Crippen LogP contribution in [0.4, 0.5) is 0 Å². The number of rotatable bonds is 9. The van der Waals surface area contributed by atoms with E-state index in [-0.39, 0.29) is 0 Å². The first kappa shape index (κ1) is 17.2. The minimum Gasteiger partial charge on any atom is -0.384 e. The van der Waals surface area contributed by atoms with E-state index in [1.54, 1.807) is 7.11 Å². The Morgan fingerprint density at radius 1 is 1.15 bits per heavy atom. The van der Waals surface area contributed by atoms with Crippen molar-refractivity contribution < 1.29 is 4.74 Å². The van der Waals surface area contributed by atoms with Crippen LogP contribution in [-0.2, 0) is 11.2 Å². The lowest BCUT2D eigenvalue weighted by Crippen LogP contribution is -2.32. The molecule has 20 heavy (non-hydrogen) atoms. The van der Waals surface area contributed by atoms with Crippen LogP contribution in [-0.4, -0.2) is 26.8 Å². The molecule has 1 N–H and O–H groups in total. The zero-order valence-corrected chi connectivity index (χ0v) is 13.8. The first-order valence-corrected chi connectivity index (χ1v) is 7.78. The monoisotopic (exact) mass is 277 g/mol. The summed E-state index contributed by atoms with van der Waals surface area (Å²) in [5.74, 6) is 1.89. The maximum Gasteiger partial charge on any atom is 0.0491 e. The summed E-state index contributed by atoms with van der Waals surface area (Å²) >= 11 is 0. The SMILES string of the molecule is COCC(C)C(CNCC(C)C)Cc1cccc(C)c1. The Hall–Kier alpha value is -0.860. The van der Waals surface area contributed by atoms with Gasteiger partial charge in [0.15, 0.2) is 0 Å². The van der Waals surface area contributed by atoms with E-state index < -0.39 is 0 Å². The molecule has 0 radical (unpaired) electrons. The number of benzene rings is 1. The van der Waals surface area contributed by atoms with Crippen LogP contribution in [0.2, 0.25) is 0 Å². The first-order chi connectivity index (χ1) is 9.52. The van der Waals surface area contributed by atoms with E-state index in [1.165, 1.54) is 11.1 Å². The molecule has 0 heterocycles. The number of hydrogen-bond donors (Lipinski definition) is 1. The van der Waals surface area contributed by atoms with Gasteiger partial charge in [-0.1, -0.05) is 50.6 Å². The molecule has 0 aromatic heterocycles. The van der Waals surface area contributed by atoms with Gasteiger partial charge in [-0.2, -0.15) is 0 Å². The first-order valence-electron chi connectivity index (χ1n) is 7.78. The van der Waals surface area contributed by atoms with Crippen molar-refractivity contribution in [1.82, 2.24) is 5.32 Å². The fourth-order valence-electron chi connectivity index (χ4n) is 2.57. The van der Waals surface area contributed by atoms with Gasteiger partial charge in [0.25, 0.3) is 0 Å².